The lowest BCUT2D eigenvalue weighted by atomic mass is 10.2. The summed E-state index contributed by atoms with van der Waals surface area (Å²) in [6, 6.07) is 4.10. The first-order valence-corrected chi connectivity index (χ1v) is 6.03. The maximum absolute atomic E-state index is 11.0. The van der Waals surface area contributed by atoms with E-state index in [-0.39, 0.29) is 17.2 Å². The Bertz CT molecular complexity index is 497. The Balaban J connectivity index is 3.26. The predicted octanol–water partition coefficient (Wildman–Crippen LogP) is -0.00490. The van der Waals surface area contributed by atoms with E-state index in [0.717, 1.165) is 0 Å². The van der Waals surface area contributed by atoms with Crippen LogP contribution in [0.3, 0.4) is 0 Å². The summed E-state index contributed by atoms with van der Waals surface area (Å²) in [5.41, 5.74) is 11.1. The molecule has 1 aromatic carbocycles. The topological polar surface area (TPSA) is 131 Å². The minimum atomic E-state index is -1.31. The minimum absolute atomic E-state index is 0.0393. The van der Waals surface area contributed by atoms with Gasteiger partial charge in [0.25, 0.3) is 0 Å². The van der Waals surface area contributed by atoms with Crippen LogP contribution in [-0.2, 0) is 11.0 Å². The average molecular weight is 256 g/mol. The number of aromatic carboxylic acids is 1. The molecule has 0 amide bonds. The fourth-order valence-corrected chi connectivity index (χ4v) is 1.62. The van der Waals surface area contributed by atoms with Crippen LogP contribution in [0.1, 0.15) is 10.4 Å². The highest BCUT2D eigenvalue weighted by atomic mass is 32.2. The van der Waals surface area contributed by atoms with Gasteiger partial charge in [-0.05, 0) is 18.2 Å². The molecule has 8 heteroatoms. The van der Waals surface area contributed by atoms with Crippen molar-refractivity contribution in [3.05, 3.63) is 23.8 Å². The van der Waals surface area contributed by atoms with Crippen LogP contribution >= 0.6 is 0 Å². The van der Waals surface area contributed by atoms with Crippen molar-refractivity contribution in [3.63, 3.8) is 0 Å². The Morgan fingerprint density at radius 2 is 2.12 bits per heavy atom. The minimum Gasteiger partial charge on any atom is -0.478 e. The number of nitrogens with one attached hydrogen (secondary N) is 1. The van der Waals surface area contributed by atoms with Crippen molar-refractivity contribution in [3.8, 4) is 0 Å². The van der Waals surface area contributed by atoms with Gasteiger partial charge in [-0.3, -0.25) is 0 Å². The van der Waals surface area contributed by atoms with Gasteiger partial charge in [-0.25, -0.2) is 14.0 Å². The average Bonchev–Trinajstić information content (AvgIpc) is 2.18. The first kappa shape index (κ1) is 13.0. The maximum atomic E-state index is 11.0. The number of hydrogen-bond donors (Lipinski definition) is 4. The summed E-state index contributed by atoms with van der Waals surface area (Å²) < 4.78 is 13.6. The number of carbonyl (C=O) groups is 1. The van der Waals surface area contributed by atoms with Crippen molar-refractivity contribution in [1.82, 2.24) is 0 Å². The van der Waals surface area contributed by atoms with Gasteiger partial charge in [0.15, 0.2) is 5.96 Å². The molecular formula is C9H12N4O3S. The van der Waals surface area contributed by atoms with Crippen LogP contribution in [0.4, 0.5) is 11.4 Å². The summed E-state index contributed by atoms with van der Waals surface area (Å²) in [4.78, 5) is 14.5. The van der Waals surface area contributed by atoms with Crippen LogP contribution in [0.15, 0.2) is 23.2 Å². The Kier molecular flexibility index (Phi) is 4.05. The predicted molar refractivity (Wildman–Crippen MR) is 66.6 cm³/mol. The molecule has 17 heavy (non-hydrogen) atoms. The van der Waals surface area contributed by atoms with Gasteiger partial charge in [0.05, 0.1) is 16.9 Å². The molecule has 0 saturated carbocycles. The van der Waals surface area contributed by atoms with Crippen molar-refractivity contribution in [2.24, 2.45) is 16.5 Å². The zero-order valence-electron chi connectivity index (χ0n) is 9.01. The smallest absolute Gasteiger partial charge is 0.335 e. The third kappa shape index (κ3) is 3.76. The standard InChI is InChI=1S/C9H12N4O3S/c1-17(16)13-6-3-2-5(8(14)15)4-7(6)12-9(10)11/h2-4,13H,1H3,(H,14,15)(H4,10,11,12). The van der Waals surface area contributed by atoms with Gasteiger partial charge in [0.2, 0.25) is 0 Å². The molecule has 0 aliphatic heterocycles. The summed E-state index contributed by atoms with van der Waals surface area (Å²) in [5, 5.41) is 8.82. The fraction of sp³-hybridized carbons (Fsp3) is 0.111. The largest absolute Gasteiger partial charge is 0.478 e. The van der Waals surface area contributed by atoms with Crippen LogP contribution in [-0.4, -0.2) is 27.5 Å². The zero-order valence-corrected chi connectivity index (χ0v) is 9.82. The van der Waals surface area contributed by atoms with Crippen LogP contribution in [0, 0.1) is 0 Å². The van der Waals surface area contributed by atoms with Gasteiger partial charge in [-0.15, -0.1) is 0 Å². The normalized spacial score (nSPS) is 11.6. The van der Waals surface area contributed by atoms with Crippen molar-refractivity contribution in [2.45, 2.75) is 0 Å². The molecule has 92 valence electrons. The van der Waals surface area contributed by atoms with E-state index in [2.05, 4.69) is 9.71 Å². The zero-order chi connectivity index (χ0) is 13.0. The number of guanidine groups is 1. The molecule has 1 atom stereocenters. The Morgan fingerprint density at radius 1 is 1.47 bits per heavy atom. The van der Waals surface area contributed by atoms with Gasteiger partial charge < -0.3 is 21.3 Å². The molecule has 0 bridgehead atoms. The molecule has 1 rings (SSSR count). The van der Waals surface area contributed by atoms with E-state index in [0.29, 0.717) is 5.69 Å². The molecule has 0 aromatic heterocycles. The molecule has 7 nitrogen and oxygen atoms in total. The quantitative estimate of drug-likeness (QED) is 0.444. The summed E-state index contributed by atoms with van der Waals surface area (Å²) in [6.07, 6.45) is 1.43. The van der Waals surface area contributed by atoms with Gasteiger partial charge >= 0.3 is 5.97 Å². The Morgan fingerprint density at radius 3 is 2.59 bits per heavy atom. The molecule has 0 fully saturated rings. The lowest BCUT2D eigenvalue weighted by Gasteiger charge is -2.07. The Hall–Kier alpha value is -2.09. The van der Waals surface area contributed by atoms with Crippen LogP contribution in [0.25, 0.3) is 0 Å². The van der Waals surface area contributed by atoms with E-state index < -0.39 is 17.0 Å². The van der Waals surface area contributed by atoms with Crippen LogP contribution < -0.4 is 16.2 Å². The second-order valence-electron chi connectivity index (χ2n) is 3.13. The molecular weight excluding hydrogens is 244 g/mol. The molecule has 0 aliphatic carbocycles. The third-order valence-corrected chi connectivity index (χ3v) is 2.26. The first-order chi connectivity index (χ1) is 7.90. The lowest BCUT2D eigenvalue weighted by molar-refractivity contribution is 0.0697. The van der Waals surface area contributed by atoms with Gasteiger partial charge in [0.1, 0.15) is 11.0 Å². The van der Waals surface area contributed by atoms with E-state index in [1.54, 1.807) is 0 Å². The number of aliphatic imine (C=N–C) groups is 1. The molecule has 0 radical (unpaired) electrons. The molecule has 6 N–H and O–H groups in total. The maximum Gasteiger partial charge on any atom is 0.335 e. The summed E-state index contributed by atoms with van der Waals surface area (Å²) >= 11 is 0. The number of hydrogen-bond acceptors (Lipinski definition) is 3. The van der Waals surface area contributed by atoms with E-state index in [4.69, 9.17) is 16.6 Å². The van der Waals surface area contributed by atoms with Crippen molar-refractivity contribution in [1.29, 1.82) is 0 Å². The van der Waals surface area contributed by atoms with Gasteiger partial charge in [-0.1, -0.05) is 0 Å². The van der Waals surface area contributed by atoms with Crippen molar-refractivity contribution >= 4 is 34.3 Å². The number of nitrogens with two attached hydrogens (primary N) is 2. The lowest BCUT2D eigenvalue weighted by Crippen LogP contribution is -2.22. The number of carboxylic acid groups (broad SMARTS) is 1. The van der Waals surface area contributed by atoms with E-state index in [9.17, 15) is 9.00 Å². The number of carboxylic acids is 1. The van der Waals surface area contributed by atoms with Crippen LogP contribution in [0.2, 0.25) is 0 Å². The van der Waals surface area contributed by atoms with E-state index >= 15 is 0 Å². The van der Waals surface area contributed by atoms with Crippen molar-refractivity contribution < 1.29 is 14.1 Å². The molecule has 1 unspecified atom stereocenters. The van der Waals surface area contributed by atoms with Crippen LogP contribution in [0.5, 0.6) is 0 Å². The summed E-state index contributed by atoms with van der Waals surface area (Å²) in [6.45, 7) is 0. The first-order valence-electron chi connectivity index (χ1n) is 4.47. The number of anilines is 1. The van der Waals surface area contributed by atoms with Crippen molar-refractivity contribution in [2.75, 3.05) is 11.0 Å². The second-order valence-corrected chi connectivity index (χ2v) is 4.24. The van der Waals surface area contributed by atoms with Gasteiger partial charge in [-0.2, -0.15) is 0 Å². The molecule has 1 aromatic rings. The SMILES string of the molecule is CS(=O)Nc1ccc(C(=O)O)cc1N=C(N)N. The Labute approximate surface area is 100 Å². The third-order valence-electron chi connectivity index (χ3n) is 1.75. The summed E-state index contributed by atoms with van der Waals surface area (Å²) in [7, 11) is -1.31. The number of nitrogens with zero attached hydrogens (tertiary/aromatic N) is 1. The molecule has 0 saturated heterocycles. The highest BCUT2D eigenvalue weighted by Gasteiger charge is 2.08. The van der Waals surface area contributed by atoms with Gasteiger partial charge in [0, 0.05) is 6.26 Å². The van der Waals surface area contributed by atoms with E-state index in [1.807, 2.05) is 0 Å². The molecule has 0 spiro atoms. The van der Waals surface area contributed by atoms with E-state index in [1.165, 1.54) is 24.5 Å². The fourth-order valence-electron chi connectivity index (χ4n) is 1.14. The second kappa shape index (κ2) is 5.30. The molecule has 0 heterocycles. The number of benzene rings is 1. The highest BCUT2D eigenvalue weighted by Crippen LogP contribution is 2.26. The highest BCUT2D eigenvalue weighted by molar-refractivity contribution is 7.85. The monoisotopic (exact) mass is 256 g/mol. The molecule has 0 aliphatic rings. The summed E-state index contributed by atoms with van der Waals surface area (Å²) in [5.74, 6) is -1.31. The number of rotatable bonds is 4.